The second-order valence-electron chi connectivity index (χ2n) is 10.8. The van der Waals surface area contributed by atoms with Crippen molar-refractivity contribution in [3.63, 3.8) is 0 Å². The van der Waals surface area contributed by atoms with Gasteiger partial charge in [-0.15, -0.1) is 5.10 Å². The Labute approximate surface area is 269 Å². The third-order valence-corrected chi connectivity index (χ3v) is 7.56. The Balaban J connectivity index is 1.61. The first-order valence-electron chi connectivity index (χ1n) is 14.4. The molecule has 1 aromatic heterocycles. The topological polar surface area (TPSA) is 152 Å². The first-order valence-corrected chi connectivity index (χ1v) is 14.8. The van der Waals surface area contributed by atoms with Crippen LogP contribution in [-0.2, 0) is 27.5 Å². The number of amides is 3. The third-order valence-electron chi connectivity index (χ3n) is 7.21. The number of hydrogen-bond acceptors (Lipinski definition) is 7. The molecule has 0 aliphatic rings. The molecule has 4 aromatic carbocycles. The molecule has 0 spiro atoms. The average molecular weight is 640 g/mol. The van der Waals surface area contributed by atoms with Gasteiger partial charge in [-0.05, 0) is 48.0 Å². The smallest absolute Gasteiger partial charge is 0.269 e. The van der Waals surface area contributed by atoms with Crippen LogP contribution in [-0.4, -0.2) is 37.6 Å². The van der Waals surface area contributed by atoms with Gasteiger partial charge in [0.15, 0.2) is 0 Å². The van der Waals surface area contributed by atoms with Crippen LogP contribution in [0.25, 0.3) is 11.0 Å². The van der Waals surface area contributed by atoms with E-state index in [0.29, 0.717) is 16.7 Å². The number of carbonyl (C=O) groups excluding carboxylic acids is 3. The minimum atomic E-state index is -1.44. The maximum absolute atomic E-state index is 14.3. The van der Waals surface area contributed by atoms with E-state index in [-0.39, 0.29) is 46.9 Å². The Hall–Kier alpha value is -5.62. The number of halogens is 1. The highest BCUT2D eigenvalue weighted by Crippen LogP contribution is 2.35. The highest BCUT2D eigenvalue weighted by atomic mass is 35.5. The summed E-state index contributed by atoms with van der Waals surface area (Å²) in [6, 6.07) is 25.0. The van der Waals surface area contributed by atoms with Crippen molar-refractivity contribution >= 4 is 57.4 Å². The van der Waals surface area contributed by atoms with Gasteiger partial charge in [-0.3, -0.25) is 29.4 Å². The summed E-state index contributed by atoms with van der Waals surface area (Å²) >= 11 is 6.61. The quantitative estimate of drug-likeness (QED) is 0.139. The summed E-state index contributed by atoms with van der Waals surface area (Å²) in [5, 5.41) is 25.8. The van der Waals surface area contributed by atoms with Crippen molar-refractivity contribution in [3.8, 4) is 0 Å². The molecule has 13 heteroatoms. The lowest BCUT2D eigenvalue weighted by molar-refractivity contribution is -0.384. The van der Waals surface area contributed by atoms with E-state index in [0.717, 1.165) is 5.56 Å². The molecule has 3 amide bonds. The minimum absolute atomic E-state index is 0.0512. The molecule has 12 nitrogen and oxygen atoms in total. The summed E-state index contributed by atoms with van der Waals surface area (Å²) in [6.07, 6.45) is 0. The number of aromatic nitrogens is 3. The number of carbonyl (C=O) groups is 3. The Morgan fingerprint density at radius 3 is 2.33 bits per heavy atom. The van der Waals surface area contributed by atoms with E-state index in [9.17, 15) is 24.5 Å². The van der Waals surface area contributed by atoms with Gasteiger partial charge in [0.1, 0.15) is 18.1 Å². The average Bonchev–Trinajstić information content (AvgIpc) is 3.46. The number of nitro groups is 1. The molecule has 0 saturated carbocycles. The SMILES string of the molecule is CC(C)C(=O)Nc1ccc(N(C(=O)Cn2nnc3ccccc32)C(C(=O)NCc2ccccc2)c2cc([N+](=O)[O-])ccc2Cl)cc1. The van der Waals surface area contributed by atoms with Crippen LogP contribution in [0, 0.1) is 16.0 Å². The lowest BCUT2D eigenvalue weighted by atomic mass is 10.0. The molecule has 0 radical (unpaired) electrons. The monoisotopic (exact) mass is 639 g/mol. The Morgan fingerprint density at radius 1 is 0.935 bits per heavy atom. The van der Waals surface area contributed by atoms with Crippen LogP contribution in [0.3, 0.4) is 0 Å². The third kappa shape index (κ3) is 7.19. The number of benzene rings is 4. The molecule has 46 heavy (non-hydrogen) atoms. The lowest BCUT2D eigenvalue weighted by Gasteiger charge is -2.32. The maximum atomic E-state index is 14.3. The number of hydrogen-bond donors (Lipinski definition) is 2. The number of anilines is 2. The number of fused-ring (bicyclic) bond motifs is 1. The number of nitro benzene ring substituents is 1. The number of non-ortho nitro benzene ring substituents is 1. The predicted molar refractivity (Wildman–Crippen MR) is 174 cm³/mol. The van der Waals surface area contributed by atoms with Gasteiger partial charge in [-0.1, -0.05) is 73.1 Å². The van der Waals surface area contributed by atoms with Gasteiger partial charge in [0.2, 0.25) is 17.7 Å². The summed E-state index contributed by atoms with van der Waals surface area (Å²) in [5.41, 5.74) is 2.48. The van der Waals surface area contributed by atoms with Crippen molar-refractivity contribution in [1.82, 2.24) is 20.3 Å². The van der Waals surface area contributed by atoms with E-state index in [1.807, 2.05) is 30.3 Å². The van der Waals surface area contributed by atoms with Crippen molar-refractivity contribution in [2.45, 2.75) is 33.0 Å². The maximum Gasteiger partial charge on any atom is 0.269 e. The molecule has 2 N–H and O–H groups in total. The fourth-order valence-corrected chi connectivity index (χ4v) is 5.02. The van der Waals surface area contributed by atoms with Gasteiger partial charge >= 0.3 is 0 Å². The number of nitrogens with one attached hydrogen (secondary N) is 2. The molecule has 5 aromatic rings. The van der Waals surface area contributed by atoms with Crippen molar-refractivity contribution in [2.24, 2.45) is 5.92 Å². The number of rotatable bonds is 11. The highest BCUT2D eigenvalue weighted by Gasteiger charge is 2.35. The molecule has 0 aliphatic carbocycles. The van der Waals surface area contributed by atoms with E-state index in [1.165, 1.54) is 27.8 Å². The standard InChI is InChI=1S/C33H30ClN7O5/c1-21(2)32(43)36-23-12-14-24(15-13-23)40(30(42)20-39-29-11-7-6-10-28(29)37-38-39)31(26-18-25(41(45)46)16-17-27(26)34)33(44)35-19-22-8-4-3-5-9-22/h3-18,21,31H,19-20H2,1-2H3,(H,35,44)(H,36,43). The molecule has 0 bridgehead atoms. The van der Waals surface area contributed by atoms with Gasteiger partial charge in [0.25, 0.3) is 5.69 Å². The molecule has 0 aliphatic heterocycles. The first kappa shape index (κ1) is 31.8. The summed E-state index contributed by atoms with van der Waals surface area (Å²) in [6.45, 7) is 3.33. The van der Waals surface area contributed by atoms with Gasteiger partial charge in [-0.25, -0.2) is 4.68 Å². The Bertz CT molecular complexity index is 1890. The van der Waals surface area contributed by atoms with Crippen molar-refractivity contribution in [2.75, 3.05) is 10.2 Å². The van der Waals surface area contributed by atoms with Crippen LogP contribution in [0.2, 0.25) is 5.02 Å². The fourth-order valence-electron chi connectivity index (χ4n) is 4.80. The molecule has 1 unspecified atom stereocenters. The van der Waals surface area contributed by atoms with E-state index in [2.05, 4.69) is 20.9 Å². The van der Waals surface area contributed by atoms with E-state index in [4.69, 9.17) is 11.6 Å². The largest absolute Gasteiger partial charge is 0.350 e. The molecule has 5 rings (SSSR count). The summed E-state index contributed by atoms with van der Waals surface area (Å²) < 4.78 is 1.41. The summed E-state index contributed by atoms with van der Waals surface area (Å²) in [5.74, 6) is -1.65. The van der Waals surface area contributed by atoms with Crippen LogP contribution in [0.5, 0.6) is 0 Å². The fraction of sp³-hybridized carbons (Fsp3) is 0.182. The van der Waals surface area contributed by atoms with Crippen molar-refractivity contribution < 1.29 is 19.3 Å². The van der Waals surface area contributed by atoms with E-state index < -0.39 is 22.8 Å². The zero-order valence-electron chi connectivity index (χ0n) is 25.0. The Kier molecular flexibility index (Phi) is 9.67. The zero-order valence-corrected chi connectivity index (χ0v) is 25.7. The zero-order chi connectivity index (χ0) is 32.8. The molecule has 0 fully saturated rings. The first-order chi connectivity index (χ1) is 22.1. The predicted octanol–water partition coefficient (Wildman–Crippen LogP) is 5.68. The normalized spacial score (nSPS) is 11.7. The van der Waals surface area contributed by atoms with Gasteiger partial charge in [0, 0.05) is 46.6 Å². The van der Waals surface area contributed by atoms with Crippen molar-refractivity contribution in [1.29, 1.82) is 0 Å². The minimum Gasteiger partial charge on any atom is -0.350 e. The van der Waals surface area contributed by atoms with Crippen LogP contribution >= 0.6 is 11.6 Å². The molecular weight excluding hydrogens is 610 g/mol. The van der Waals surface area contributed by atoms with Crippen LogP contribution < -0.4 is 15.5 Å². The molecule has 1 atom stereocenters. The second kappa shape index (κ2) is 14.0. The molecule has 234 valence electrons. The van der Waals surface area contributed by atoms with Crippen LogP contribution in [0.4, 0.5) is 17.1 Å². The molecule has 0 saturated heterocycles. The number of para-hydroxylation sites is 1. The highest BCUT2D eigenvalue weighted by molar-refractivity contribution is 6.32. The van der Waals surface area contributed by atoms with Crippen LogP contribution in [0.15, 0.2) is 97.1 Å². The van der Waals surface area contributed by atoms with E-state index >= 15 is 0 Å². The van der Waals surface area contributed by atoms with Gasteiger partial charge in [0.05, 0.1) is 10.4 Å². The van der Waals surface area contributed by atoms with E-state index in [1.54, 1.807) is 62.4 Å². The van der Waals surface area contributed by atoms with Crippen molar-refractivity contribution in [3.05, 3.63) is 123 Å². The second-order valence-corrected chi connectivity index (χ2v) is 11.2. The van der Waals surface area contributed by atoms with Gasteiger partial charge in [-0.2, -0.15) is 0 Å². The number of nitrogens with zero attached hydrogens (tertiary/aromatic N) is 5. The lowest BCUT2D eigenvalue weighted by Crippen LogP contribution is -2.45. The Morgan fingerprint density at radius 2 is 1.63 bits per heavy atom. The summed E-state index contributed by atoms with van der Waals surface area (Å²) in [4.78, 5) is 53.2. The molecular formula is C33H30ClN7O5. The summed E-state index contributed by atoms with van der Waals surface area (Å²) in [7, 11) is 0. The van der Waals surface area contributed by atoms with Crippen LogP contribution in [0.1, 0.15) is 31.0 Å². The van der Waals surface area contributed by atoms with Gasteiger partial charge < -0.3 is 10.6 Å². The molecule has 1 heterocycles.